The highest BCUT2D eigenvalue weighted by Crippen LogP contribution is 2.27. The van der Waals surface area contributed by atoms with Gasteiger partial charge in [-0.3, -0.25) is 4.79 Å². The van der Waals surface area contributed by atoms with Crippen molar-refractivity contribution in [3.8, 4) is 0 Å². The van der Waals surface area contributed by atoms with Crippen LogP contribution in [0.25, 0.3) is 11.0 Å². The summed E-state index contributed by atoms with van der Waals surface area (Å²) in [6.07, 6.45) is 1.41. The van der Waals surface area contributed by atoms with Crippen molar-refractivity contribution < 1.29 is 4.79 Å². The van der Waals surface area contributed by atoms with Gasteiger partial charge in [-0.05, 0) is 31.0 Å². The molecule has 0 saturated carbocycles. The molecule has 1 unspecified atom stereocenters. The zero-order valence-electron chi connectivity index (χ0n) is 10.8. The largest absolute Gasteiger partial charge is 0.354 e. The molecule has 1 atom stereocenters. The number of hydrogen-bond donors (Lipinski definition) is 1. The summed E-state index contributed by atoms with van der Waals surface area (Å²) in [5.41, 5.74) is 3.27. The molecular weight excluding hydrogens is 262 g/mol. The lowest BCUT2D eigenvalue weighted by atomic mass is 10.1. The van der Waals surface area contributed by atoms with Gasteiger partial charge < -0.3 is 9.88 Å². The zero-order valence-corrected chi connectivity index (χ0v) is 11.6. The molecule has 4 nitrogen and oxygen atoms in total. The van der Waals surface area contributed by atoms with Crippen LogP contribution in [0.5, 0.6) is 0 Å². The van der Waals surface area contributed by atoms with Crippen molar-refractivity contribution in [2.24, 2.45) is 0 Å². The second-order valence-corrected chi connectivity index (χ2v) is 5.29. The number of halogens is 1. The number of rotatable bonds is 2. The number of aromatic nitrogens is 2. The third-order valence-corrected chi connectivity index (χ3v) is 3.88. The van der Waals surface area contributed by atoms with Gasteiger partial charge in [0.05, 0.1) is 23.0 Å². The van der Waals surface area contributed by atoms with E-state index in [0.29, 0.717) is 18.8 Å². The molecule has 1 aromatic carbocycles. The number of imidazole rings is 1. The van der Waals surface area contributed by atoms with E-state index < -0.39 is 0 Å². The number of piperidine rings is 1. The first-order valence-corrected chi connectivity index (χ1v) is 7.02. The number of nitrogens with one attached hydrogen (secondary N) is 1. The van der Waals surface area contributed by atoms with E-state index in [2.05, 4.69) is 40.0 Å². The maximum atomic E-state index is 11.3. The zero-order chi connectivity index (χ0) is 13.4. The van der Waals surface area contributed by atoms with Crippen LogP contribution < -0.4 is 5.32 Å². The minimum Gasteiger partial charge on any atom is -0.354 e. The van der Waals surface area contributed by atoms with Gasteiger partial charge in [0.1, 0.15) is 5.82 Å². The van der Waals surface area contributed by atoms with E-state index in [0.717, 1.165) is 23.3 Å². The van der Waals surface area contributed by atoms with E-state index >= 15 is 0 Å². The first-order valence-electron chi connectivity index (χ1n) is 6.49. The smallest absolute Gasteiger partial charge is 0.220 e. The number of fused-ring (bicyclic) bond motifs is 1. The number of benzene rings is 1. The summed E-state index contributed by atoms with van der Waals surface area (Å²) in [6.45, 7) is 2.71. The third kappa shape index (κ3) is 2.21. The molecule has 1 amide bonds. The second kappa shape index (κ2) is 4.85. The number of nitrogens with zero attached hydrogens (tertiary/aromatic N) is 2. The first kappa shape index (κ1) is 12.5. The van der Waals surface area contributed by atoms with Gasteiger partial charge in [0, 0.05) is 13.0 Å². The Balaban J connectivity index is 2.08. The molecule has 19 heavy (non-hydrogen) atoms. The highest BCUT2D eigenvalue weighted by atomic mass is 35.5. The van der Waals surface area contributed by atoms with Gasteiger partial charge in [0.25, 0.3) is 0 Å². The van der Waals surface area contributed by atoms with Crippen molar-refractivity contribution in [3.05, 3.63) is 29.6 Å². The molecule has 5 heteroatoms. The van der Waals surface area contributed by atoms with E-state index in [4.69, 9.17) is 11.6 Å². The van der Waals surface area contributed by atoms with Crippen molar-refractivity contribution in [3.63, 3.8) is 0 Å². The number of hydrogen-bond acceptors (Lipinski definition) is 2. The molecule has 0 aliphatic carbocycles. The Morgan fingerprint density at radius 1 is 1.53 bits per heavy atom. The molecule has 1 aliphatic rings. The third-order valence-electron chi connectivity index (χ3n) is 3.64. The van der Waals surface area contributed by atoms with Gasteiger partial charge in [-0.25, -0.2) is 4.98 Å². The molecule has 1 aliphatic heterocycles. The molecule has 2 aromatic rings. The predicted molar refractivity (Wildman–Crippen MR) is 75.3 cm³/mol. The monoisotopic (exact) mass is 277 g/mol. The van der Waals surface area contributed by atoms with Crippen LogP contribution in [-0.2, 0) is 10.7 Å². The molecule has 0 bridgehead atoms. The SMILES string of the molecule is Cc1ccc2c(c1)nc(CCl)n2C1CCC(=O)NC1. The van der Waals surface area contributed by atoms with Crippen molar-refractivity contribution in [1.29, 1.82) is 0 Å². The van der Waals surface area contributed by atoms with E-state index in [1.807, 2.05) is 0 Å². The van der Waals surface area contributed by atoms with Crippen LogP contribution in [0.2, 0.25) is 0 Å². The summed E-state index contributed by atoms with van der Waals surface area (Å²) in [6, 6.07) is 6.49. The van der Waals surface area contributed by atoms with E-state index in [1.165, 1.54) is 5.56 Å². The minimum atomic E-state index is 0.129. The van der Waals surface area contributed by atoms with Gasteiger partial charge in [-0.2, -0.15) is 0 Å². The van der Waals surface area contributed by atoms with E-state index in [-0.39, 0.29) is 11.9 Å². The van der Waals surface area contributed by atoms with Gasteiger partial charge in [-0.15, -0.1) is 11.6 Å². The van der Waals surface area contributed by atoms with E-state index in [1.54, 1.807) is 0 Å². The molecule has 0 spiro atoms. The molecule has 3 rings (SSSR count). The topological polar surface area (TPSA) is 46.9 Å². The lowest BCUT2D eigenvalue weighted by Gasteiger charge is -2.25. The highest BCUT2D eigenvalue weighted by Gasteiger charge is 2.23. The summed E-state index contributed by atoms with van der Waals surface area (Å²) >= 11 is 6.02. The van der Waals surface area contributed by atoms with Crippen LogP contribution in [0.1, 0.15) is 30.3 Å². The van der Waals surface area contributed by atoms with Crippen LogP contribution >= 0.6 is 11.6 Å². The highest BCUT2D eigenvalue weighted by molar-refractivity contribution is 6.16. The molecule has 1 aromatic heterocycles. The van der Waals surface area contributed by atoms with Crippen LogP contribution in [0.3, 0.4) is 0 Å². The van der Waals surface area contributed by atoms with Crippen LogP contribution in [-0.4, -0.2) is 22.0 Å². The lowest BCUT2D eigenvalue weighted by Crippen LogP contribution is -2.36. The number of carbonyl (C=O) groups excluding carboxylic acids is 1. The van der Waals surface area contributed by atoms with Crippen molar-refractivity contribution in [2.45, 2.75) is 31.7 Å². The Hall–Kier alpha value is -1.55. The minimum absolute atomic E-state index is 0.129. The Bertz CT molecular complexity index is 625. The fourth-order valence-corrected chi connectivity index (χ4v) is 2.89. The van der Waals surface area contributed by atoms with Crippen molar-refractivity contribution >= 4 is 28.5 Å². The van der Waals surface area contributed by atoms with Gasteiger partial charge in [0.2, 0.25) is 5.91 Å². The van der Waals surface area contributed by atoms with Crippen LogP contribution in [0, 0.1) is 6.92 Å². The molecule has 1 fully saturated rings. The summed E-state index contributed by atoms with van der Waals surface area (Å²) in [4.78, 5) is 15.9. The molecule has 2 heterocycles. The molecule has 100 valence electrons. The maximum Gasteiger partial charge on any atom is 0.220 e. The van der Waals surface area contributed by atoms with Crippen molar-refractivity contribution in [1.82, 2.24) is 14.9 Å². The Labute approximate surface area is 116 Å². The standard InChI is InChI=1S/C14H16ClN3O/c1-9-2-4-12-11(6-9)17-13(7-15)18(12)10-3-5-14(19)16-8-10/h2,4,6,10H,3,5,7-8H2,1H3,(H,16,19). The molecular formula is C14H16ClN3O. The maximum absolute atomic E-state index is 11.3. The molecule has 1 N–H and O–H groups in total. The predicted octanol–water partition coefficient (Wildman–Crippen LogP) is 2.53. The van der Waals surface area contributed by atoms with Gasteiger partial charge >= 0.3 is 0 Å². The average Bonchev–Trinajstić information content (AvgIpc) is 2.77. The Morgan fingerprint density at radius 2 is 2.37 bits per heavy atom. The molecule has 0 radical (unpaired) electrons. The quantitative estimate of drug-likeness (QED) is 0.858. The number of carbonyl (C=O) groups is 1. The Morgan fingerprint density at radius 3 is 3.05 bits per heavy atom. The average molecular weight is 278 g/mol. The second-order valence-electron chi connectivity index (χ2n) is 5.02. The Kier molecular flexibility index (Phi) is 3.19. The van der Waals surface area contributed by atoms with Crippen LogP contribution in [0.4, 0.5) is 0 Å². The fourth-order valence-electron chi connectivity index (χ4n) is 2.70. The molecule has 1 saturated heterocycles. The first-order chi connectivity index (χ1) is 9.19. The number of alkyl halides is 1. The normalized spacial score (nSPS) is 19.7. The number of aryl methyl sites for hydroxylation is 1. The van der Waals surface area contributed by atoms with E-state index in [9.17, 15) is 4.79 Å². The fraction of sp³-hybridized carbons (Fsp3) is 0.429. The summed E-state index contributed by atoms with van der Waals surface area (Å²) in [5.74, 6) is 1.39. The number of amides is 1. The van der Waals surface area contributed by atoms with Gasteiger partial charge in [0.15, 0.2) is 0 Å². The van der Waals surface area contributed by atoms with Crippen molar-refractivity contribution in [2.75, 3.05) is 6.54 Å². The van der Waals surface area contributed by atoms with Gasteiger partial charge in [-0.1, -0.05) is 6.07 Å². The summed E-state index contributed by atoms with van der Waals surface area (Å²) in [5, 5.41) is 2.92. The van der Waals surface area contributed by atoms with Crippen LogP contribution in [0.15, 0.2) is 18.2 Å². The summed E-state index contributed by atoms with van der Waals surface area (Å²) < 4.78 is 2.18. The lowest BCUT2D eigenvalue weighted by molar-refractivity contribution is -0.122. The summed E-state index contributed by atoms with van der Waals surface area (Å²) in [7, 11) is 0.